The molecule has 1 atom stereocenters. The molecule has 3 aromatic rings. The summed E-state index contributed by atoms with van der Waals surface area (Å²) in [5, 5.41) is 12.5. The highest BCUT2D eigenvalue weighted by atomic mass is 15.0. The van der Waals surface area contributed by atoms with Crippen LogP contribution in [0, 0.1) is 11.3 Å². The van der Waals surface area contributed by atoms with E-state index in [1.807, 2.05) is 30.5 Å². The van der Waals surface area contributed by atoms with Crippen LogP contribution in [0.1, 0.15) is 24.1 Å². The molecule has 0 fully saturated rings. The number of anilines is 1. The first-order valence-electron chi connectivity index (χ1n) is 7.60. The molecule has 1 aromatic heterocycles. The van der Waals surface area contributed by atoms with Crippen molar-refractivity contribution in [2.75, 3.05) is 5.32 Å². The van der Waals surface area contributed by atoms with Crippen molar-refractivity contribution in [3.8, 4) is 17.2 Å². The zero-order valence-electron chi connectivity index (χ0n) is 13.0. The van der Waals surface area contributed by atoms with Crippen LogP contribution in [-0.2, 0) is 0 Å². The predicted molar refractivity (Wildman–Crippen MR) is 91.6 cm³/mol. The van der Waals surface area contributed by atoms with E-state index in [0.29, 0.717) is 5.56 Å². The third-order valence-electron chi connectivity index (χ3n) is 3.86. The molecule has 0 amide bonds. The Labute approximate surface area is 136 Å². The maximum Gasteiger partial charge on any atom is 0.290 e. The Balaban J connectivity index is 1.78. The molecule has 23 heavy (non-hydrogen) atoms. The highest BCUT2D eigenvalue weighted by Crippen LogP contribution is 2.23. The summed E-state index contributed by atoms with van der Waals surface area (Å²) in [6.45, 7) is 2.08. The number of aromatic nitrogens is 1. The van der Waals surface area contributed by atoms with Crippen molar-refractivity contribution in [2.45, 2.75) is 13.0 Å². The van der Waals surface area contributed by atoms with Gasteiger partial charge in [-0.3, -0.25) is 5.32 Å². The molecule has 1 heterocycles. The van der Waals surface area contributed by atoms with E-state index in [-0.39, 0.29) is 6.04 Å². The SMILES string of the molecule is C[C@H](Nc1[nH+]cccc1C#N)c1ccc(-c2ccccc2)cc1. The first-order chi connectivity index (χ1) is 11.3. The normalized spacial score (nSPS) is 11.5. The monoisotopic (exact) mass is 300 g/mol. The van der Waals surface area contributed by atoms with E-state index in [2.05, 4.69) is 59.7 Å². The smallest absolute Gasteiger partial charge is 0.267 e. The summed E-state index contributed by atoms with van der Waals surface area (Å²) in [5.74, 6) is 0.745. The predicted octanol–water partition coefficient (Wildman–Crippen LogP) is 4.21. The molecule has 0 aliphatic rings. The molecule has 0 saturated carbocycles. The first kappa shape index (κ1) is 14.8. The third kappa shape index (κ3) is 3.38. The quantitative estimate of drug-likeness (QED) is 0.784. The molecule has 0 bridgehead atoms. The summed E-state index contributed by atoms with van der Waals surface area (Å²) >= 11 is 0. The Morgan fingerprint density at radius 1 is 0.913 bits per heavy atom. The molecule has 0 spiro atoms. The molecule has 0 radical (unpaired) electrons. The molecule has 0 unspecified atom stereocenters. The highest BCUT2D eigenvalue weighted by Gasteiger charge is 2.15. The van der Waals surface area contributed by atoms with Crippen molar-refractivity contribution in [1.82, 2.24) is 0 Å². The number of hydrogen-bond donors (Lipinski definition) is 1. The molecule has 2 aromatic carbocycles. The largest absolute Gasteiger partial charge is 0.290 e. The van der Waals surface area contributed by atoms with Gasteiger partial charge < -0.3 is 0 Å². The fourth-order valence-electron chi connectivity index (χ4n) is 2.54. The van der Waals surface area contributed by atoms with Crippen LogP contribution in [0.25, 0.3) is 11.1 Å². The molecule has 3 heteroatoms. The van der Waals surface area contributed by atoms with Gasteiger partial charge in [0, 0.05) is 0 Å². The molecule has 2 N–H and O–H groups in total. The molecule has 0 aliphatic carbocycles. The zero-order valence-corrected chi connectivity index (χ0v) is 13.0. The van der Waals surface area contributed by atoms with Gasteiger partial charge in [-0.15, -0.1) is 0 Å². The van der Waals surface area contributed by atoms with Gasteiger partial charge in [0.1, 0.15) is 17.7 Å². The standard InChI is InChI=1S/C20H17N3/c1-15(23-20-19(14-21)8-5-13-22-20)16-9-11-18(12-10-16)17-6-3-2-4-7-17/h2-13,15H,1H3,(H,22,23)/p+1/t15-/m0/s1. The molecular weight excluding hydrogens is 282 g/mol. The Hall–Kier alpha value is -3.12. The Morgan fingerprint density at radius 2 is 1.61 bits per heavy atom. The number of nitriles is 1. The van der Waals surface area contributed by atoms with Crippen LogP contribution in [0.5, 0.6) is 0 Å². The van der Waals surface area contributed by atoms with Crippen molar-refractivity contribution in [2.24, 2.45) is 0 Å². The van der Waals surface area contributed by atoms with E-state index >= 15 is 0 Å². The minimum absolute atomic E-state index is 0.102. The van der Waals surface area contributed by atoms with Gasteiger partial charge in [0.25, 0.3) is 5.82 Å². The number of benzene rings is 2. The fourth-order valence-corrected chi connectivity index (χ4v) is 2.54. The van der Waals surface area contributed by atoms with E-state index in [4.69, 9.17) is 5.26 Å². The van der Waals surface area contributed by atoms with Crippen LogP contribution < -0.4 is 10.3 Å². The minimum atomic E-state index is 0.102. The fraction of sp³-hybridized carbons (Fsp3) is 0.100. The number of nitrogens with zero attached hydrogens (tertiary/aromatic N) is 1. The van der Waals surface area contributed by atoms with Crippen molar-refractivity contribution in [3.63, 3.8) is 0 Å². The van der Waals surface area contributed by atoms with E-state index in [1.165, 1.54) is 16.7 Å². The van der Waals surface area contributed by atoms with Gasteiger partial charge >= 0.3 is 0 Å². The highest BCUT2D eigenvalue weighted by molar-refractivity contribution is 5.63. The molecule has 3 rings (SSSR count). The van der Waals surface area contributed by atoms with Crippen LogP contribution in [-0.4, -0.2) is 0 Å². The lowest BCUT2D eigenvalue weighted by atomic mass is 10.0. The molecule has 112 valence electrons. The van der Waals surface area contributed by atoms with Crippen LogP contribution in [0.3, 0.4) is 0 Å². The van der Waals surface area contributed by atoms with Crippen molar-refractivity contribution >= 4 is 5.82 Å². The number of H-pyrrole nitrogens is 1. The summed E-state index contributed by atoms with van der Waals surface area (Å²) in [4.78, 5) is 3.09. The summed E-state index contributed by atoms with van der Waals surface area (Å²) in [5.41, 5.74) is 4.19. The molecule has 3 nitrogen and oxygen atoms in total. The lowest BCUT2D eigenvalue weighted by molar-refractivity contribution is -0.361. The van der Waals surface area contributed by atoms with Gasteiger partial charge in [0.2, 0.25) is 0 Å². The number of aromatic amines is 1. The second-order valence-corrected chi connectivity index (χ2v) is 5.42. The van der Waals surface area contributed by atoms with Gasteiger partial charge in [0.05, 0.1) is 6.20 Å². The Bertz CT molecular complexity index is 818. The summed E-state index contributed by atoms with van der Waals surface area (Å²) < 4.78 is 0. The topological polar surface area (TPSA) is 50.0 Å². The lowest BCUT2D eigenvalue weighted by Gasteiger charge is -2.11. The Morgan fingerprint density at radius 3 is 2.30 bits per heavy atom. The number of rotatable bonds is 4. The maximum absolute atomic E-state index is 9.15. The maximum atomic E-state index is 9.15. The van der Waals surface area contributed by atoms with E-state index < -0.39 is 0 Å². The van der Waals surface area contributed by atoms with Crippen LogP contribution in [0.2, 0.25) is 0 Å². The van der Waals surface area contributed by atoms with Crippen molar-refractivity contribution < 1.29 is 4.98 Å². The average molecular weight is 300 g/mol. The van der Waals surface area contributed by atoms with Gasteiger partial charge in [-0.05, 0) is 35.7 Å². The second kappa shape index (κ2) is 6.76. The number of nitrogens with one attached hydrogen (secondary N) is 2. The van der Waals surface area contributed by atoms with Gasteiger partial charge in [-0.25, -0.2) is 4.98 Å². The zero-order chi connectivity index (χ0) is 16.1. The van der Waals surface area contributed by atoms with Crippen molar-refractivity contribution in [1.29, 1.82) is 5.26 Å². The van der Waals surface area contributed by atoms with E-state index in [9.17, 15) is 0 Å². The lowest BCUT2D eigenvalue weighted by Crippen LogP contribution is -2.17. The van der Waals surface area contributed by atoms with Gasteiger partial charge in [-0.2, -0.15) is 5.26 Å². The molecule has 0 saturated heterocycles. The van der Waals surface area contributed by atoms with Crippen LogP contribution in [0.15, 0.2) is 72.9 Å². The average Bonchev–Trinajstić information content (AvgIpc) is 2.63. The van der Waals surface area contributed by atoms with E-state index in [0.717, 1.165) is 5.82 Å². The first-order valence-corrected chi connectivity index (χ1v) is 7.60. The van der Waals surface area contributed by atoms with Crippen molar-refractivity contribution in [3.05, 3.63) is 84.1 Å². The van der Waals surface area contributed by atoms with Crippen LogP contribution in [0.4, 0.5) is 5.82 Å². The molecule has 0 aliphatic heterocycles. The van der Waals surface area contributed by atoms with Crippen LogP contribution >= 0.6 is 0 Å². The third-order valence-corrected chi connectivity index (χ3v) is 3.86. The second-order valence-electron chi connectivity index (χ2n) is 5.42. The summed E-state index contributed by atoms with van der Waals surface area (Å²) in [7, 11) is 0. The summed E-state index contributed by atoms with van der Waals surface area (Å²) in [6.07, 6.45) is 1.81. The number of hydrogen-bond acceptors (Lipinski definition) is 2. The molecular formula is C20H18N3+. The number of pyridine rings is 1. The Kier molecular flexibility index (Phi) is 4.35. The van der Waals surface area contributed by atoms with E-state index in [1.54, 1.807) is 6.07 Å². The van der Waals surface area contributed by atoms with Gasteiger partial charge in [0.15, 0.2) is 0 Å². The summed E-state index contributed by atoms with van der Waals surface area (Å²) in [6, 6.07) is 24.7. The minimum Gasteiger partial charge on any atom is -0.267 e. The van der Waals surface area contributed by atoms with Gasteiger partial charge in [-0.1, -0.05) is 54.6 Å².